The van der Waals surface area contributed by atoms with Crippen LogP contribution in [0.3, 0.4) is 0 Å². The van der Waals surface area contributed by atoms with Gasteiger partial charge in [-0.25, -0.2) is 4.39 Å². The molecule has 0 atom stereocenters. The molecule has 0 N–H and O–H groups in total. The van der Waals surface area contributed by atoms with E-state index in [2.05, 4.69) is 0 Å². The summed E-state index contributed by atoms with van der Waals surface area (Å²) in [7, 11) is 0. The van der Waals surface area contributed by atoms with Gasteiger partial charge in [0.05, 0.1) is 5.02 Å². The first-order valence-corrected chi connectivity index (χ1v) is 5.25. The number of hydrogen-bond acceptors (Lipinski definition) is 1. The van der Waals surface area contributed by atoms with Crippen LogP contribution >= 0.6 is 11.6 Å². The molecule has 0 saturated heterocycles. The predicted molar refractivity (Wildman–Crippen MR) is 62.2 cm³/mol. The number of rotatable bonds is 3. The summed E-state index contributed by atoms with van der Waals surface area (Å²) in [5, 5.41) is 0.385. The predicted octanol–water partition coefficient (Wildman–Crippen LogP) is 4.06. The molecule has 2 aromatic carbocycles. The molecular formula is C13H10ClFO. The van der Waals surface area contributed by atoms with E-state index in [1.165, 1.54) is 12.1 Å². The lowest BCUT2D eigenvalue weighted by molar-refractivity contribution is 0.306. The van der Waals surface area contributed by atoms with Gasteiger partial charge >= 0.3 is 0 Å². The fraction of sp³-hybridized carbons (Fsp3) is 0.0769. The molecular weight excluding hydrogens is 227 g/mol. The Bertz CT molecular complexity index is 471. The Morgan fingerprint density at radius 1 is 1.06 bits per heavy atom. The van der Waals surface area contributed by atoms with E-state index in [1.54, 1.807) is 6.07 Å². The molecule has 0 aromatic heterocycles. The highest BCUT2D eigenvalue weighted by molar-refractivity contribution is 6.31. The zero-order valence-electron chi connectivity index (χ0n) is 8.49. The van der Waals surface area contributed by atoms with Crippen LogP contribution in [-0.2, 0) is 6.61 Å². The minimum atomic E-state index is -0.339. The molecule has 3 heteroatoms. The van der Waals surface area contributed by atoms with Crippen LogP contribution in [0, 0.1) is 5.82 Å². The van der Waals surface area contributed by atoms with Crippen LogP contribution in [0.1, 0.15) is 5.56 Å². The van der Waals surface area contributed by atoms with Gasteiger partial charge in [0.25, 0.3) is 0 Å². The molecule has 0 aliphatic rings. The third kappa shape index (κ3) is 2.74. The molecule has 0 aliphatic carbocycles. The molecule has 0 aliphatic heterocycles. The van der Waals surface area contributed by atoms with Gasteiger partial charge in [0.15, 0.2) is 0 Å². The van der Waals surface area contributed by atoms with E-state index in [0.29, 0.717) is 11.6 Å². The Labute approximate surface area is 98.4 Å². The standard InChI is InChI=1S/C13H10ClFO/c14-13-8-11(15)7-6-10(13)9-16-12-4-2-1-3-5-12/h1-8H,9H2. The molecule has 2 rings (SSSR count). The highest BCUT2D eigenvalue weighted by Gasteiger charge is 2.02. The lowest BCUT2D eigenvalue weighted by atomic mass is 10.2. The monoisotopic (exact) mass is 236 g/mol. The summed E-state index contributed by atoms with van der Waals surface area (Å²) in [5.74, 6) is 0.427. The smallest absolute Gasteiger partial charge is 0.124 e. The zero-order valence-corrected chi connectivity index (χ0v) is 9.25. The number of ether oxygens (including phenoxy) is 1. The van der Waals surface area contributed by atoms with Crippen molar-refractivity contribution in [1.82, 2.24) is 0 Å². The first-order chi connectivity index (χ1) is 7.75. The van der Waals surface area contributed by atoms with Crippen LogP contribution in [0.4, 0.5) is 4.39 Å². The first kappa shape index (κ1) is 11.0. The summed E-state index contributed by atoms with van der Waals surface area (Å²) in [6.45, 7) is 0.336. The maximum absolute atomic E-state index is 12.8. The van der Waals surface area contributed by atoms with E-state index in [0.717, 1.165) is 11.3 Å². The van der Waals surface area contributed by atoms with Crippen LogP contribution in [0.15, 0.2) is 48.5 Å². The molecule has 82 valence electrons. The lowest BCUT2D eigenvalue weighted by Gasteiger charge is -2.07. The SMILES string of the molecule is Fc1ccc(COc2ccccc2)c(Cl)c1. The maximum atomic E-state index is 12.8. The summed E-state index contributed by atoms with van der Waals surface area (Å²) < 4.78 is 18.3. The number of benzene rings is 2. The van der Waals surface area contributed by atoms with Crippen LogP contribution < -0.4 is 4.74 Å². The van der Waals surface area contributed by atoms with E-state index < -0.39 is 0 Å². The van der Waals surface area contributed by atoms with Crippen molar-refractivity contribution in [2.45, 2.75) is 6.61 Å². The summed E-state index contributed by atoms with van der Waals surface area (Å²) >= 11 is 5.88. The first-order valence-electron chi connectivity index (χ1n) is 4.87. The van der Waals surface area contributed by atoms with Crippen molar-refractivity contribution in [3.8, 4) is 5.75 Å². The van der Waals surface area contributed by atoms with Crippen molar-refractivity contribution in [3.05, 3.63) is 64.9 Å². The zero-order chi connectivity index (χ0) is 11.4. The van der Waals surface area contributed by atoms with Gasteiger partial charge in [0, 0.05) is 5.56 Å². The van der Waals surface area contributed by atoms with Gasteiger partial charge in [-0.1, -0.05) is 35.9 Å². The lowest BCUT2D eigenvalue weighted by Crippen LogP contribution is -1.96. The van der Waals surface area contributed by atoms with Crippen LogP contribution in [0.2, 0.25) is 5.02 Å². The van der Waals surface area contributed by atoms with Gasteiger partial charge in [-0.3, -0.25) is 0 Å². The minimum absolute atomic E-state index is 0.336. The topological polar surface area (TPSA) is 9.23 Å². The molecule has 0 radical (unpaired) electrons. The molecule has 1 nitrogen and oxygen atoms in total. The van der Waals surface area contributed by atoms with E-state index in [9.17, 15) is 4.39 Å². The Morgan fingerprint density at radius 3 is 2.50 bits per heavy atom. The largest absolute Gasteiger partial charge is 0.489 e. The second-order valence-electron chi connectivity index (χ2n) is 3.34. The highest BCUT2D eigenvalue weighted by Crippen LogP contribution is 2.19. The molecule has 0 fully saturated rings. The molecule has 2 aromatic rings. The molecule has 0 saturated carbocycles. The van der Waals surface area contributed by atoms with Gasteiger partial charge in [-0.05, 0) is 24.3 Å². The summed E-state index contributed by atoms with van der Waals surface area (Å²) in [4.78, 5) is 0. The maximum Gasteiger partial charge on any atom is 0.124 e. The fourth-order valence-corrected chi connectivity index (χ4v) is 1.54. The van der Waals surface area contributed by atoms with Crippen molar-refractivity contribution in [2.24, 2.45) is 0 Å². The van der Waals surface area contributed by atoms with Gasteiger partial charge < -0.3 is 4.74 Å². The second kappa shape index (κ2) is 4.99. The average Bonchev–Trinajstić information content (AvgIpc) is 2.29. The molecule has 0 spiro atoms. The van der Waals surface area contributed by atoms with Crippen LogP contribution in [-0.4, -0.2) is 0 Å². The molecule has 0 unspecified atom stereocenters. The second-order valence-corrected chi connectivity index (χ2v) is 3.74. The van der Waals surface area contributed by atoms with E-state index in [1.807, 2.05) is 30.3 Å². The fourth-order valence-electron chi connectivity index (χ4n) is 1.32. The van der Waals surface area contributed by atoms with E-state index in [-0.39, 0.29) is 5.82 Å². The van der Waals surface area contributed by atoms with Gasteiger partial charge in [0.1, 0.15) is 18.2 Å². The molecule has 0 amide bonds. The van der Waals surface area contributed by atoms with E-state index >= 15 is 0 Å². The summed E-state index contributed by atoms with van der Waals surface area (Å²) in [6, 6.07) is 13.7. The third-order valence-electron chi connectivity index (χ3n) is 2.15. The van der Waals surface area contributed by atoms with Crippen LogP contribution in [0.5, 0.6) is 5.75 Å². The van der Waals surface area contributed by atoms with Gasteiger partial charge in [-0.15, -0.1) is 0 Å². The van der Waals surface area contributed by atoms with Crippen molar-refractivity contribution in [1.29, 1.82) is 0 Å². The van der Waals surface area contributed by atoms with Crippen LogP contribution in [0.25, 0.3) is 0 Å². The number of hydrogen-bond donors (Lipinski definition) is 0. The molecule has 16 heavy (non-hydrogen) atoms. The van der Waals surface area contributed by atoms with E-state index in [4.69, 9.17) is 16.3 Å². The molecule has 0 bridgehead atoms. The van der Waals surface area contributed by atoms with Crippen molar-refractivity contribution in [3.63, 3.8) is 0 Å². The average molecular weight is 237 g/mol. The Hall–Kier alpha value is -1.54. The number of para-hydroxylation sites is 1. The van der Waals surface area contributed by atoms with Gasteiger partial charge in [-0.2, -0.15) is 0 Å². The normalized spacial score (nSPS) is 10.1. The Kier molecular flexibility index (Phi) is 3.42. The summed E-state index contributed by atoms with van der Waals surface area (Å²) in [6.07, 6.45) is 0. The van der Waals surface area contributed by atoms with Gasteiger partial charge in [0.2, 0.25) is 0 Å². The van der Waals surface area contributed by atoms with Crippen molar-refractivity contribution >= 4 is 11.6 Å². The Balaban J connectivity index is 2.05. The van der Waals surface area contributed by atoms with Crippen molar-refractivity contribution < 1.29 is 9.13 Å². The molecule has 0 heterocycles. The summed E-state index contributed by atoms with van der Waals surface area (Å²) in [5.41, 5.74) is 0.770. The minimum Gasteiger partial charge on any atom is -0.489 e. The Morgan fingerprint density at radius 2 is 1.81 bits per heavy atom. The number of halogens is 2. The highest BCUT2D eigenvalue weighted by atomic mass is 35.5. The van der Waals surface area contributed by atoms with Crippen molar-refractivity contribution in [2.75, 3.05) is 0 Å². The third-order valence-corrected chi connectivity index (χ3v) is 2.50. The quantitative estimate of drug-likeness (QED) is 0.781.